The van der Waals surface area contributed by atoms with E-state index in [0.29, 0.717) is 6.29 Å². The van der Waals surface area contributed by atoms with Gasteiger partial charge in [-0.3, -0.25) is 13.9 Å². The largest absolute Gasteiger partial charge is 0.490 e. The Labute approximate surface area is 205 Å². The molecular formula is C16H19FN3O14P3. The maximum Gasteiger partial charge on any atom is 0.490 e. The lowest BCUT2D eigenvalue weighted by molar-refractivity contribution is -0.0449. The predicted octanol–water partition coefficient (Wildman–Crippen LogP) is 0.436. The minimum Gasteiger partial charge on any atom is -0.390 e. The molecule has 204 valence electrons. The molecule has 1 fully saturated rings. The minimum atomic E-state index is -5.75. The number of aldehydes is 1. The Kier molecular flexibility index (Phi) is 8.66. The summed E-state index contributed by atoms with van der Waals surface area (Å²) >= 11 is 0. The zero-order valence-electron chi connectivity index (χ0n) is 18.1. The fraction of sp³-hybridized carbons (Fsp3) is 0.312. The Morgan fingerprint density at radius 1 is 1.16 bits per heavy atom. The molecule has 2 unspecified atom stereocenters. The number of halogens is 1. The summed E-state index contributed by atoms with van der Waals surface area (Å²) in [5, 5.41) is 10.2. The number of carbonyl (C=O) groups excluding carboxylic acids is 1. The number of aliphatic hydroxyl groups is 1. The molecule has 0 spiro atoms. The number of nitrogens with two attached hydrogens (primary N) is 1. The van der Waals surface area contributed by atoms with Gasteiger partial charge < -0.3 is 35.2 Å². The molecular weight excluding hydrogens is 570 g/mol. The average Bonchev–Trinajstić information content (AvgIpc) is 3.11. The number of rotatable bonds is 10. The van der Waals surface area contributed by atoms with Crippen LogP contribution in [0.1, 0.15) is 23.0 Å². The van der Waals surface area contributed by atoms with Gasteiger partial charge in [0.1, 0.15) is 30.3 Å². The van der Waals surface area contributed by atoms with Gasteiger partial charge in [0.2, 0.25) is 0 Å². The van der Waals surface area contributed by atoms with Crippen molar-refractivity contribution in [3.8, 4) is 11.1 Å². The second kappa shape index (κ2) is 10.9. The molecule has 2 heterocycles. The van der Waals surface area contributed by atoms with Crippen molar-refractivity contribution in [1.82, 2.24) is 9.55 Å². The van der Waals surface area contributed by atoms with Crippen molar-refractivity contribution in [2.24, 2.45) is 0 Å². The molecule has 5 atom stereocenters. The monoisotopic (exact) mass is 589 g/mol. The quantitative estimate of drug-likeness (QED) is 0.162. The number of phosphoric acid groups is 3. The second-order valence-electron chi connectivity index (χ2n) is 7.41. The molecule has 0 aliphatic carbocycles. The molecule has 2 aromatic rings. The Hall–Kier alpha value is -2.17. The SMILES string of the molecule is Nc1nc(=O)n([C@H]2C[C@H](O)[C@@H](COP(=O)(O)OP(=O)(O)OP(=O)(O)O)O2)cc1-c1cc(C=O)ccc1F. The molecule has 17 nitrogen and oxygen atoms in total. The summed E-state index contributed by atoms with van der Waals surface area (Å²) in [6.07, 6.45) is -2.94. The van der Waals surface area contributed by atoms with Gasteiger partial charge in [-0.15, -0.1) is 0 Å². The van der Waals surface area contributed by atoms with Crippen LogP contribution in [0.4, 0.5) is 10.2 Å². The van der Waals surface area contributed by atoms with Crippen molar-refractivity contribution >= 4 is 35.6 Å². The van der Waals surface area contributed by atoms with Crippen LogP contribution in [0.25, 0.3) is 11.1 Å². The number of phosphoric ester groups is 1. The predicted molar refractivity (Wildman–Crippen MR) is 118 cm³/mol. The van der Waals surface area contributed by atoms with Gasteiger partial charge in [-0.2, -0.15) is 13.6 Å². The van der Waals surface area contributed by atoms with Gasteiger partial charge in [-0.25, -0.2) is 22.9 Å². The van der Waals surface area contributed by atoms with Crippen molar-refractivity contribution < 1.29 is 65.4 Å². The zero-order chi connectivity index (χ0) is 27.8. The first-order valence-electron chi connectivity index (χ1n) is 9.76. The Balaban J connectivity index is 1.77. The molecule has 1 aromatic carbocycles. The summed E-state index contributed by atoms with van der Waals surface area (Å²) in [7, 11) is -16.8. The molecule has 3 rings (SSSR count). The van der Waals surface area contributed by atoms with Crippen LogP contribution >= 0.6 is 23.5 Å². The van der Waals surface area contributed by atoms with Gasteiger partial charge >= 0.3 is 29.2 Å². The van der Waals surface area contributed by atoms with Crippen molar-refractivity contribution in [2.45, 2.75) is 24.9 Å². The van der Waals surface area contributed by atoms with Crippen molar-refractivity contribution in [2.75, 3.05) is 12.3 Å². The first kappa shape index (κ1) is 29.4. The highest BCUT2D eigenvalue weighted by Crippen LogP contribution is 2.66. The van der Waals surface area contributed by atoms with Crippen molar-refractivity contribution in [3.05, 3.63) is 46.3 Å². The molecule has 0 bridgehead atoms. The number of nitrogens with zero attached hydrogens (tertiary/aromatic N) is 2. The number of ether oxygens (including phenoxy) is 1. The lowest BCUT2D eigenvalue weighted by atomic mass is 10.0. The fourth-order valence-electron chi connectivity index (χ4n) is 3.22. The average molecular weight is 589 g/mol. The first-order valence-corrected chi connectivity index (χ1v) is 14.3. The van der Waals surface area contributed by atoms with Crippen LogP contribution in [0.15, 0.2) is 29.2 Å². The maximum atomic E-state index is 14.4. The van der Waals surface area contributed by atoms with Gasteiger partial charge in [0, 0.05) is 29.3 Å². The standard InChI is InChI=1S/C16H19FN3O14P3/c17-11-2-1-8(6-21)3-9(11)10-5-20(16(23)19-15(10)18)14-4-12(22)13(32-14)7-31-36(27,28)34-37(29,30)33-35(24,25)26/h1-3,5-6,12-14,22H,4,7H2,(H,27,28)(H,29,30)(H2,18,19,23)(H2,24,25,26)/t12-,13+,14+/m0/s1. The van der Waals surface area contributed by atoms with E-state index in [9.17, 15) is 42.6 Å². The molecule has 1 aliphatic rings. The second-order valence-corrected chi connectivity index (χ2v) is 11.8. The van der Waals surface area contributed by atoms with Crippen LogP contribution < -0.4 is 11.4 Å². The smallest absolute Gasteiger partial charge is 0.390 e. The number of hydrogen-bond acceptors (Lipinski definition) is 12. The molecule has 1 aromatic heterocycles. The highest BCUT2D eigenvalue weighted by molar-refractivity contribution is 7.66. The molecule has 0 amide bonds. The number of anilines is 1. The van der Waals surface area contributed by atoms with Gasteiger partial charge in [0.15, 0.2) is 0 Å². The molecule has 0 saturated carbocycles. The summed E-state index contributed by atoms with van der Waals surface area (Å²) in [5.41, 5.74) is 4.64. The van der Waals surface area contributed by atoms with E-state index in [-0.39, 0.29) is 28.9 Å². The summed E-state index contributed by atoms with van der Waals surface area (Å²) < 4.78 is 66.2. The van der Waals surface area contributed by atoms with Crippen molar-refractivity contribution in [1.29, 1.82) is 0 Å². The summed E-state index contributed by atoms with van der Waals surface area (Å²) in [6.45, 7) is -0.971. The number of carbonyl (C=O) groups is 1. The van der Waals surface area contributed by atoms with Crippen LogP contribution in [-0.2, 0) is 31.6 Å². The van der Waals surface area contributed by atoms with Crippen LogP contribution in [0.2, 0.25) is 0 Å². The number of aromatic nitrogens is 2. The van der Waals surface area contributed by atoms with Gasteiger partial charge in [-0.1, -0.05) is 0 Å². The Bertz CT molecular complexity index is 1400. The van der Waals surface area contributed by atoms with Gasteiger partial charge in [-0.05, 0) is 18.2 Å². The summed E-state index contributed by atoms with van der Waals surface area (Å²) in [6, 6.07) is 3.38. The van der Waals surface area contributed by atoms with E-state index >= 15 is 0 Å². The minimum absolute atomic E-state index is 0.0874. The Morgan fingerprint density at radius 3 is 2.46 bits per heavy atom. The van der Waals surface area contributed by atoms with Crippen LogP contribution in [-0.4, -0.2) is 59.3 Å². The number of hydrogen-bond donors (Lipinski definition) is 6. The zero-order valence-corrected chi connectivity index (χ0v) is 20.8. The number of nitrogen functional groups attached to an aromatic ring is 1. The third-order valence-corrected chi connectivity index (χ3v) is 8.53. The van der Waals surface area contributed by atoms with Crippen LogP contribution in [0, 0.1) is 5.82 Å². The molecule has 37 heavy (non-hydrogen) atoms. The maximum absolute atomic E-state index is 14.4. The number of aliphatic hydroxyl groups excluding tert-OH is 1. The topological polar surface area (TPSA) is 267 Å². The van der Waals surface area contributed by atoms with E-state index < -0.39 is 60.0 Å². The third-order valence-electron chi connectivity index (χ3n) is 4.73. The fourth-order valence-corrected chi connectivity index (χ4v) is 6.25. The van der Waals surface area contributed by atoms with Crippen LogP contribution in [0.5, 0.6) is 0 Å². The summed E-state index contributed by atoms with van der Waals surface area (Å²) in [4.78, 5) is 62.8. The lowest BCUT2D eigenvalue weighted by Gasteiger charge is -2.19. The van der Waals surface area contributed by atoms with Crippen LogP contribution in [0.3, 0.4) is 0 Å². The molecule has 1 aliphatic heterocycles. The summed E-state index contributed by atoms with van der Waals surface area (Å²) in [5.74, 6) is -1.16. The van der Waals surface area contributed by atoms with E-state index in [2.05, 4.69) is 18.1 Å². The van der Waals surface area contributed by atoms with E-state index in [0.717, 1.165) is 16.8 Å². The van der Waals surface area contributed by atoms with Crippen molar-refractivity contribution in [3.63, 3.8) is 0 Å². The van der Waals surface area contributed by atoms with E-state index in [1.165, 1.54) is 12.1 Å². The number of benzene rings is 1. The molecule has 7 N–H and O–H groups in total. The van der Waals surface area contributed by atoms with Gasteiger partial charge in [0.25, 0.3) is 0 Å². The van der Waals surface area contributed by atoms with E-state index in [1.807, 2.05) is 0 Å². The molecule has 21 heteroatoms. The highest BCUT2D eigenvalue weighted by atomic mass is 31.3. The first-order chi connectivity index (χ1) is 17.0. The Morgan fingerprint density at radius 2 is 1.84 bits per heavy atom. The van der Waals surface area contributed by atoms with E-state index in [4.69, 9.17) is 20.3 Å². The lowest BCUT2D eigenvalue weighted by Crippen LogP contribution is -2.29. The van der Waals surface area contributed by atoms with Gasteiger partial charge in [0.05, 0.1) is 12.7 Å². The molecule has 1 saturated heterocycles. The normalized spacial score (nSPS) is 23.4. The van der Waals surface area contributed by atoms with E-state index in [1.54, 1.807) is 0 Å². The highest BCUT2D eigenvalue weighted by Gasteiger charge is 2.43. The molecule has 0 radical (unpaired) electrons. The third kappa shape index (κ3) is 7.67.